The SMILES string of the molecule is CC(=CC(O)C(C=C(C)C(=O)O)(OC(=O)NCC(C)(C)CC(C)CCNC(=O)OC(CO)CO)C(O)(C=C(C)C(=O)O)C=C(C)C(=O)O)C(=O)O. The molecule has 10 N–H and O–H groups in total. The van der Waals surface area contributed by atoms with Gasteiger partial charge in [0.1, 0.15) is 17.8 Å². The molecule has 51 heavy (non-hydrogen) atoms. The van der Waals surface area contributed by atoms with Crippen LogP contribution in [0.25, 0.3) is 0 Å². The summed E-state index contributed by atoms with van der Waals surface area (Å²) in [6.07, 6.45) is -2.69. The number of aliphatic hydroxyl groups excluding tert-OH is 3. The molecule has 0 bridgehead atoms. The van der Waals surface area contributed by atoms with Crippen molar-refractivity contribution in [1.29, 1.82) is 0 Å². The summed E-state index contributed by atoms with van der Waals surface area (Å²) >= 11 is 0. The highest BCUT2D eigenvalue weighted by atomic mass is 16.6. The number of aliphatic carboxylic acids is 4. The maximum atomic E-state index is 13.5. The molecule has 0 spiro atoms. The lowest BCUT2D eigenvalue weighted by atomic mass is 9.74. The van der Waals surface area contributed by atoms with Gasteiger partial charge in [0.2, 0.25) is 0 Å². The fourth-order valence-corrected chi connectivity index (χ4v) is 4.84. The Morgan fingerprint density at radius 3 is 1.61 bits per heavy atom. The number of ether oxygens (including phenoxy) is 2. The van der Waals surface area contributed by atoms with Crippen LogP contribution in [0.3, 0.4) is 0 Å². The lowest BCUT2D eigenvalue weighted by molar-refractivity contribution is -0.137. The minimum atomic E-state index is -3.15. The lowest BCUT2D eigenvalue weighted by Crippen LogP contribution is -2.62. The summed E-state index contributed by atoms with van der Waals surface area (Å²) in [5.41, 5.74) is -9.53. The fourth-order valence-electron chi connectivity index (χ4n) is 4.84. The maximum Gasteiger partial charge on any atom is 0.408 e. The van der Waals surface area contributed by atoms with Gasteiger partial charge in [0, 0.05) is 35.4 Å². The second-order valence-electron chi connectivity index (χ2n) is 12.9. The van der Waals surface area contributed by atoms with E-state index in [4.69, 9.17) is 19.7 Å². The molecular weight excluding hydrogens is 680 g/mol. The van der Waals surface area contributed by atoms with Gasteiger partial charge in [0.25, 0.3) is 0 Å². The van der Waals surface area contributed by atoms with Crippen molar-refractivity contribution in [2.75, 3.05) is 26.3 Å². The highest BCUT2D eigenvalue weighted by molar-refractivity contribution is 5.89. The Kier molecular flexibility index (Phi) is 18.3. The molecule has 18 heteroatoms. The Hall–Kier alpha value is -4.78. The van der Waals surface area contributed by atoms with Crippen LogP contribution in [0.4, 0.5) is 9.59 Å². The van der Waals surface area contributed by atoms with Gasteiger partial charge in [-0.15, -0.1) is 0 Å². The van der Waals surface area contributed by atoms with E-state index in [0.717, 1.165) is 27.7 Å². The van der Waals surface area contributed by atoms with E-state index in [1.54, 1.807) is 13.8 Å². The smallest absolute Gasteiger partial charge is 0.408 e. The number of hydrogen-bond acceptors (Lipinski definition) is 12. The van der Waals surface area contributed by atoms with E-state index in [1.165, 1.54) is 0 Å². The number of carbonyl (C=O) groups is 6. The van der Waals surface area contributed by atoms with E-state index in [0.29, 0.717) is 37.1 Å². The molecule has 3 unspecified atom stereocenters. The van der Waals surface area contributed by atoms with Gasteiger partial charge < -0.3 is 61.0 Å². The fraction of sp³-hybridized carbons (Fsp3) is 0.576. The van der Waals surface area contributed by atoms with Crippen molar-refractivity contribution >= 4 is 36.1 Å². The third kappa shape index (κ3) is 14.9. The van der Waals surface area contributed by atoms with Gasteiger partial charge in [0.05, 0.1) is 13.2 Å². The molecule has 0 aromatic rings. The number of carboxylic acids is 4. The summed E-state index contributed by atoms with van der Waals surface area (Å²) in [7, 11) is 0. The summed E-state index contributed by atoms with van der Waals surface area (Å²) in [6.45, 7) is 8.19. The van der Waals surface area contributed by atoms with E-state index >= 15 is 0 Å². The molecule has 0 fully saturated rings. The highest BCUT2D eigenvalue weighted by Crippen LogP contribution is 2.39. The first-order chi connectivity index (χ1) is 23.4. The van der Waals surface area contributed by atoms with Gasteiger partial charge in [-0.2, -0.15) is 0 Å². The highest BCUT2D eigenvalue weighted by Gasteiger charge is 2.56. The normalized spacial score (nSPS) is 16.6. The van der Waals surface area contributed by atoms with E-state index in [1.807, 2.05) is 6.92 Å². The number of rotatable bonds is 21. The third-order valence-electron chi connectivity index (χ3n) is 7.59. The molecule has 2 amide bonds. The summed E-state index contributed by atoms with van der Waals surface area (Å²) in [5.74, 6) is -6.59. The number of hydrogen-bond donors (Lipinski definition) is 10. The quantitative estimate of drug-likeness (QED) is 0.0742. The van der Waals surface area contributed by atoms with Crippen LogP contribution in [-0.2, 0) is 28.7 Å². The third-order valence-corrected chi connectivity index (χ3v) is 7.59. The molecule has 3 atom stereocenters. The average Bonchev–Trinajstić information content (AvgIpc) is 3.01. The van der Waals surface area contributed by atoms with Crippen LogP contribution in [0.5, 0.6) is 0 Å². The van der Waals surface area contributed by atoms with Crippen LogP contribution in [0.15, 0.2) is 46.6 Å². The standard InChI is InChI=1S/C33H50N2O16/c1-18(8-9-34-29(47)50-23(15-36)16-37)11-31(6,7)17-35-30(48)51-33(14-22(5)28(45)46,24(38)10-19(2)25(39)40)32(49,12-20(3)26(41)42)13-21(4)27(43)44/h10,12-14,18,23-24,36-38,49H,8-9,11,15-17H2,1-7H3,(H,34,47)(H,35,48)(H,39,40)(H,41,42)(H,43,44)(H,45,46). The monoisotopic (exact) mass is 730 g/mol. The van der Waals surface area contributed by atoms with Gasteiger partial charge >= 0.3 is 36.1 Å². The first-order valence-electron chi connectivity index (χ1n) is 15.6. The van der Waals surface area contributed by atoms with Crippen LogP contribution in [0.1, 0.15) is 61.3 Å². The molecule has 0 aromatic heterocycles. The van der Waals surface area contributed by atoms with Crippen LogP contribution < -0.4 is 10.6 Å². The second kappa shape index (κ2) is 20.2. The van der Waals surface area contributed by atoms with Crippen molar-refractivity contribution in [3.8, 4) is 0 Å². The number of carbonyl (C=O) groups excluding carboxylic acids is 2. The largest absolute Gasteiger partial charge is 0.478 e. The second-order valence-corrected chi connectivity index (χ2v) is 12.9. The zero-order valence-electron chi connectivity index (χ0n) is 29.6. The number of aliphatic hydroxyl groups is 4. The zero-order chi connectivity index (χ0) is 39.9. The van der Waals surface area contributed by atoms with Gasteiger partial charge in [-0.1, -0.05) is 20.8 Å². The van der Waals surface area contributed by atoms with Crippen LogP contribution >= 0.6 is 0 Å². The first-order valence-corrected chi connectivity index (χ1v) is 15.6. The molecular formula is C33H50N2O16. The Morgan fingerprint density at radius 2 is 1.18 bits per heavy atom. The van der Waals surface area contributed by atoms with E-state index in [9.17, 15) is 59.4 Å². The zero-order valence-corrected chi connectivity index (χ0v) is 29.6. The Labute approximate surface area is 294 Å². The molecule has 0 saturated heterocycles. The minimum absolute atomic E-state index is 0.0749. The molecule has 288 valence electrons. The maximum absolute atomic E-state index is 13.5. The van der Waals surface area contributed by atoms with Crippen molar-refractivity contribution in [1.82, 2.24) is 10.6 Å². The molecule has 0 aliphatic heterocycles. The van der Waals surface area contributed by atoms with Gasteiger partial charge in [-0.3, -0.25) is 0 Å². The molecule has 0 rings (SSSR count). The predicted molar refractivity (Wildman–Crippen MR) is 178 cm³/mol. The Morgan fingerprint density at radius 1 is 0.725 bits per heavy atom. The lowest BCUT2D eigenvalue weighted by Gasteiger charge is -2.44. The Bertz CT molecular complexity index is 1380. The predicted octanol–water partition coefficient (Wildman–Crippen LogP) is 1.19. The molecule has 0 heterocycles. The average molecular weight is 731 g/mol. The van der Waals surface area contributed by atoms with Gasteiger partial charge in [-0.05, 0) is 76.2 Å². The summed E-state index contributed by atoms with van der Waals surface area (Å²) in [6, 6.07) is 0. The first kappa shape index (κ1) is 46.2. The summed E-state index contributed by atoms with van der Waals surface area (Å²) in [5, 5.41) is 85.0. The van der Waals surface area contributed by atoms with Crippen molar-refractivity contribution in [3.05, 3.63) is 46.6 Å². The number of carboxylic acid groups (broad SMARTS) is 4. The topological polar surface area (TPSA) is 307 Å². The minimum Gasteiger partial charge on any atom is -0.478 e. The van der Waals surface area contributed by atoms with Crippen molar-refractivity contribution in [2.45, 2.75) is 84.7 Å². The summed E-state index contributed by atoms with van der Waals surface area (Å²) in [4.78, 5) is 72.7. The van der Waals surface area contributed by atoms with Crippen molar-refractivity contribution in [2.24, 2.45) is 11.3 Å². The number of nitrogens with one attached hydrogen (secondary N) is 2. The van der Waals surface area contributed by atoms with Crippen LogP contribution in [0.2, 0.25) is 0 Å². The van der Waals surface area contributed by atoms with Crippen molar-refractivity contribution in [3.63, 3.8) is 0 Å². The van der Waals surface area contributed by atoms with Gasteiger partial charge in [-0.25, -0.2) is 28.8 Å². The van der Waals surface area contributed by atoms with Crippen molar-refractivity contribution < 1.29 is 79.1 Å². The van der Waals surface area contributed by atoms with Gasteiger partial charge in [0.15, 0.2) is 5.60 Å². The van der Waals surface area contributed by atoms with E-state index in [-0.39, 0.29) is 19.0 Å². The molecule has 0 radical (unpaired) electrons. The molecule has 0 aliphatic carbocycles. The van der Waals surface area contributed by atoms with Crippen LogP contribution in [-0.4, -0.2) is 127 Å². The number of amides is 2. The number of alkyl carbamates (subject to hydrolysis) is 2. The molecule has 0 aliphatic rings. The molecule has 0 aromatic carbocycles. The summed E-state index contributed by atoms with van der Waals surface area (Å²) < 4.78 is 10.4. The Balaban J connectivity index is 6.84. The molecule has 18 nitrogen and oxygen atoms in total. The molecule has 0 saturated carbocycles. The van der Waals surface area contributed by atoms with E-state index < -0.39 is 100 Å². The van der Waals surface area contributed by atoms with E-state index in [2.05, 4.69) is 10.6 Å². The van der Waals surface area contributed by atoms with Crippen LogP contribution in [0, 0.1) is 11.3 Å².